The van der Waals surface area contributed by atoms with Gasteiger partial charge < -0.3 is 14.7 Å². The van der Waals surface area contributed by atoms with E-state index in [1.807, 2.05) is 58.9 Å². The van der Waals surface area contributed by atoms with Crippen LogP contribution in [-0.2, 0) is 9.53 Å². The zero-order chi connectivity index (χ0) is 26.3. The fourth-order valence-corrected chi connectivity index (χ4v) is 4.89. The Balaban J connectivity index is 1.90. The number of aromatic nitrogens is 1. The third-order valence-corrected chi connectivity index (χ3v) is 6.82. The Labute approximate surface area is 213 Å². The van der Waals surface area contributed by atoms with Crippen molar-refractivity contribution < 1.29 is 14.6 Å². The predicted molar refractivity (Wildman–Crippen MR) is 142 cm³/mol. The molecular weight excluding hydrogens is 456 g/mol. The van der Waals surface area contributed by atoms with E-state index in [-0.39, 0.29) is 5.41 Å². The Hall–Kier alpha value is -3.17. The maximum absolute atomic E-state index is 12.6. The number of hydrazine groups is 2. The number of benzene rings is 1. The molecule has 194 valence electrons. The summed E-state index contributed by atoms with van der Waals surface area (Å²) < 4.78 is 6.15. The molecule has 1 fully saturated rings. The Morgan fingerprint density at radius 3 is 2.22 bits per heavy atom. The summed E-state index contributed by atoms with van der Waals surface area (Å²) in [6.45, 7) is 15.8. The van der Waals surface area contributed by atoms with Crippen LogP contribution in [0.4, 0.5) is 5.69 Å². The van der Waals surface area contributed by atoms with Gasteiger partial charge in [0.1, 0.15) is 0 Å². The molecule has 0 unspecified atom stereocenters. The van der Waals surface area contributed by atoms with Gasteiger partial charge in [-0.15, -0.1) is 10.6 Å². The van der Waals surface area contributed by atoms with E-state index in [0.717, 1.165) is 54.0 Å². The van der Waals surface area contributed by atoms with Crippen LogP contribution >= 0.6 is 0 Å². The topological polar surface area (TPSA) is 111 Å². The smallest absolute Gasteiger partial charge is 0.337 e. The summed E-state index contributed by atoms with van der Waals surface area (Å²) in [4.78, 5) is 19.8. The summed E-state index contributed by atoms with van der Waals surface area (Å²) in [5, 5.41) is 14.5. The lowest BCUT2D eigenvalue weighted by atomic mass is 9.81. The van der Waals surface area contributed by atoms with Crippen LogP contribution < -0.4 is 21.4 Å². The molecule has 4 N–H and O–H groups in total. The fraction of sp³-hybridized carbons (Fsp3) is 0.519. The number of carbonyl (C=O) groups is 1. The van der Waals surface area contributed by atoms with Crippen LogP contribution in [0.2, 0.25) is 0 Å². The van der Waals surface area contributed by atoms with Gasteiger partial charge >= 0.3 is 5.97 Å². The van der Waals surface area contributed by atoms with Crippen molar-refractivity contribution in [1.29, 1.82) is 0 Å². The van der Waals surface area contributed by atoms with Gasteiger partial charge in [0.15, 0.2) is 11.9 Å². The first-order chi connectivity index (χ1) is 16.9. The standard InChI is InChI=1S/C27H38N6O3/c1-16-20(18-8-10-19(11-9-18)24-29-31-32-30-24)22(33-14-12-27(6,7)13-15-33)21(17(2)28-16)23(25(34)35)36-26(3,4)5/h8-11,23,31-32H,12-15H2,1-7H3,(H,29,30)(H,34,35)/t23-/m0/s1. The van der Waals surface area contributed by atoms with Crippen molar-refractivity contribution in [2.75, 3.05) is 18.0 Å². The molecule has 2 aliphatic heterocycles. The third-order valence-electron chi connectivity index (χ3n) is 6.82. The number of hydrogen-bond acceptors (Lipinski definition) is 8. The van der Waals surface area contributed by atoms with Gasteiger partial charge in [0, 0.05) is 41.2 Å². The van der Waals surface area contributed by atoms with Crippen LogP contribution in [0.5, 0.6) is 0 Å². The molecule has 9 heteroatoms. The van der Waals surface area contributed by atoms with E-state index < -0.39 is 17.7 Å². The molecule has 1 saturated heterocycles. The number of amidine groups is 1. The summed E-state index contributed by atoms with van der Waals surface area (Å²) in [7, 11) is 0. The van der Waals surface area contributed by atoms with Gasteiger partial charge in [0.05, 0.1) is 11.3 Å². The molecule has 0 radical (unpaired) electrons. The molecule has 0 bridgehead atoms. The number of aryl methyl sites for hydroxylation is 2. The third kappa shape index (κ3) is 5.47. The molecule has 4 rings (SSSR count). The number of rotatable bonds is 6. The second kappa shape index (κ2) is 9.71. The van der Waals surface area contributed by atoms with Gasteiger partial charge in [-0.25, -0.2) is 10.3 Å². The van der Waals surface area contributed by atoms with Crippen molar-refractivity contribution in [3.8, 4) is 11.1 Å². The van der Waals surface area contributed by atoms with Crippen molar-refractivity contribution in [3.05, 3.63) is 46.8 Å². The van der Waals surface area contributed by atoms with Crippen LogP contribution in [0.25, 0.3) is 11.1 Å². The second-order valence-corrected chi connectivity index (χ2v) is 11.4. The largest absolute Gasteiger partial charge is 0.479 e. The van der Waals surface area contributed by atoms with Gasteiger partial charge in [-0.2, -0.15) is 0 Å². The van der Waals surface area contributed by atoms with Crippen molar-refractivity contribution in [1.82, 2.24) is 21.5 Å². The number of carboxylic acid groups (broad SMARTS) is 1. The van der Waals surface area contributed by atoms with Crippen LogP contribution in [-0.4, -0.2) is 40.6 Å². The van der Waals surface area contributed by atoms with Crippen LogP contribution in [0.1, 0.15) is 76.1 Å². The second-order valence-electron chi connectivity index (χ2n) is 11.4. The van der Waals surface area contributed by atoms with Gasteiger partial charge in [-0.1, -0.05) is 38.1 Å². The highest BCUT2D eigenvalue weighted by molar-refractivity contribution is 5.99. The van der Waals surface area contributed by atoms with E-state index in [1.54, 1.807) is 0 Å². The zero-order valence-corrected chi connectivity index (χ0v) is 22.3. The van der Waals surface area contributed by atoms with Gasteiger partial charge in [0.2, 0.25) is 0 Å². The highest BCUT2D eigenvalue weighted by Crippen LogP contribution is 2.44. The maximum Gasteiger partial charge on any atom is 0.337 e. The minimum Gasteiger partial charge on any atom is -0.479 e. The molecular formula is C27H38N6O3. The lowest BCUT2D eigenvalue weighted by Gasteiger charge is -2.41. The highest BCUT2D eigenvalue weighted by Gasteiger charge is 2.36. The minimum absolute atomic E-state index is 0.251. The van der Waals surface area contributed by atoms with Crippen LogP contribution in [0.3, 0.4) is 0 Å². The molecule has 2 aromatic rings. The first kappa shape index (κ1) is 25.9. The molecule has 0 spiro atoms. The highest BCUT2D eigenvalue weighted by atomic mass is 16.5. The number of piperidine rings is 1. The summed E-state index contributed by atoms with van der Waals surface area (Å²) in [6, 6.07) is 8.08. The molecule has 1 aromatic carbocycles. The average Bonchev–Trinajstić information content (AvgIpc) is 3.32. The van der Waals surface area contributed by atoms with E-state index in [4.69, 9.17) is 9.72 Å². The van der Waals surface area contributed by atoms with E-state index >= 15 is 0 Å². The molecule has 9 nitrogen and oxygen atoms in total. The maximum atomic E-state index is 12.6. The number of hydrogen-bond donors (Lipinski definition) is 4. The fourth-order valence-electron chi connectivity index (χ4n) is 4.89. The van der Waals surface area contributed by atoms with Gasteiger partial charge in [-0.3, -0.25) is 10.4 Å². The number of anilines is 1. The Kier molecular flexibility index (Phi) is 6.99. The summed E-state index contributed by atoms with van der Waals surface area (Å²) in [5.41, 5.74) is 14.0. The molecule has 1 aromatic heterocycles. The Morgan fingerprint density at radius 1 is 1.08 bits per heavy atom. The van der Waals surface area contributed by atoms with E-state index in [9.17, 15) is 9.90 Å². The normalized spacial score (nSPS) is 18.3. The first-order valence-corrected chi connectivity index (χ1v) is 12.5. The van der Waals surface area contributed by atoms with Gasteiger partial charge in [-0.05, 0) is 58.4 Å². The quantitative estimate of drug-likeness (QED) is 0.473. The van der Waals surface area contributed by atoms with E-state index in [2.05, 4.69) is 40.3 Å². The summed E-state index contributed by atoms with van der Waals surface area (Å²) in [6.07, 6.45) is 0.915. The number of nitrogens with one attached hydrogen (secondary N) is 3. The Morgan fingerprint density at radius 2 is 1.69 bits per heavy atom. The number of pyridine rings is 1. The molecule has 3 heterocycles. The SMILES string of the molecule is Cc1nc(C)c([C@H](OC(C)(C)C)C(=O)O)c(N2CCC(C)(C)CC2)c1-c1ccc(C2=NNNN2)cc1. The number of hydrazone groups is 1. The van der Waals surface area contributed by atoms with Crippen LogP contribution in [0, 0.1) is 19.3 Å². The zero-order valence-electron chi connectivity index (χ0n) is 22.3. The van der Waals surface area contributed by atoms with E-state index in [0.29, 0.717) is 17.1 Å². The molecule has 0 amide bonds. The van der Waals surface area contributed by atoms with Crippen molar-refractivity contribution >= 4 is 17.5 Å². The van der Waals surface area contributed by atoms with E-state index in [1.165, 1.54) is 0 Å². The minimum atomic E-state index is -1.13. The monoisotopic (exact) mass is 494 g/mol. The predicted octanol–water partition coefficient (Wildman–Crippen LogP) is 4.21. The number of carboxylic acids is 1. The molecule has 0 aliphatic carbocycles. The molecule has 2 aliphatic rings. The molecule has 1 atom stereocenters. The summed E-state index contributed by atoms with van der Waals surface area (Å²) in [5.74, 6) is -0.312. The number of nitrogens with zero attached hydrogens (tertiary/aromatic N) is 3. The number of ether oxygens (including phenoxy) is 1. The summed E-state index contributed by atoms with van der Waals surface area (Å²) >= 11 is 0. The lowest BCUT2D eigenvalue weighted by Crippen LogP contribution is -2.39. The first-order valence-electron chi connectivity index (χ1n) is 12.5. The van der Waals surface area contributed by atoms with Crippen molar-refractivity contribution in [2.45, 2.75) is 73.0 Å². The Bertz CT molecular complexity index is 1160. The van der Waals surface area contributed by atoms with Crippen molar-refractivity contribution in [2.24, 2.45) is 10.5 Å². The average molecular weight is 495 g/mol. The lowest BCUT2D eigenvalue weighted by molar-refractivity contribution is -0.160. The van der Waals surface area contributed by atoms with Gasteiger partial charge in [0.25, 0.3) is 0 Å². The molecule has 36 heavy (non-hydrogen) atoms. The number of aliphatic carboxylic acids is 1. The molecule has 0 saturated carbocycles. The van der Waals surface area contributed by atoms with Crippen molar-refractivity contribution in [3.63, 3.8) is 0 Å². The van der Waals surface area contributed by atoms with Crippen LogP contribution in [0.15, 0.2) is 29.4 Å².